The van der Waals surface area contributed by atoms with E-state index in [0.717, 1.165) is 0 Å². The molecule has 1 aromatic heterocycles. The molecule has 0 unspecified atom stereocenters. The maximum atomic E-state index is 10.2. The topological polar surface area (TPSA) is 171 Å². The number of H-pyrrole nitrogens is 1. The van der Waals surface area contributed by atoms with Crippen LogP contribution in [0.3, 0.4) is 0 Å². The van der Waals surface area contributed by atoms with Crippen molar-refractivity contribution in [1.82, 2.24) is 15.2 Å². The molecule has 0 fully saturated rings. The monoisotopic (exact) mass is 258 g/mol. The average molecular weight is 258 g/mol. The molecule has 0 saturated carbocycles. The number of hydrogen-bond donors (Lipinski definition) is 1. The van der Waals surface area contributed by atoms with Gasteiger partial charge in [-0.05, 0) is 9.91 Å². The Labute approximate surface area is 128 Å². The van der Waals surface area contributed by atoms with Crippen molar-refractivity contribution in [2.75, 3.05) is 0 Å². The van der Waals surface area contributed by atoms with Gasteiger partial charge >= 0.3 is 69.3 Å². The van der Waals surface area contributed by atoms with Crippen LogP contribution in [0.2, 0.25) is 0 Å². The van der Waals surface area contributed by atoms with Crippen LogP contribution in [0.5, 0.6) is 0 Å². The second kappa shape index (κ2) is 5.90. The molecule has 13 heteroatoms. The van der Waals surface area contributed by atoms with Crippen LogP contribution in [0.25, 0.3) is 0 Å². The molecule has 0 aliphatic heterocycles. The summed E-state index contributed by atoms with van der Waals surface area (Å²) in [5.74, 6) is -1.75. The van der Waals surface area contributed by atoms with Gasteiger partial charge in [-0.3, -0.25) is 20.2 Å². The van der Waals surface area contributed by atoms with Crippen molar-refractivity contribution in [2.24, 2.45) is 0 Å². The first kappa shape index (κ1) is 15.0. The Morgan fingerprint density at radius 1 is 1.12 bits per heavy atom. The standard InChI is InChI=1S/C3H2N6O6.K.H/c10-7(11)2(8(12)13)1-4-3(6-5-1)9(14)15;;/h2H,(H,4,5,6);;. The molecule has 16 heavy (non-hydrogen) atoms. The Morgan fingerprint density at radius 3 is 1.94 bits per heavy atom. The molecular formula is C3H3KN6O6. The summed E-state index contributed by atoms with van der Waals surface area (Å²) in [5.41, 5.74) is 0. The second-order valence-electron chi connectivity index (χ2n) is 2.22. The Bertz CT molecular complexity index is 416. The van der Waals surface area contributed by atoms with Gasteiger partial charge in [-0.15, -0.1) is 0 Å². The van der Waals surface area contributed by atoms with Gasteiger partial charge in [0.25, 0.3) is 0 Å². The van der Waals surface area contributed by atoms with Crippen LogP contribution in [-0.4, -0.2) is 81.3 Å². The molecule has 0 radical (unpaired) electrons. The fraction of sp³-hybridized carbons (Fsp3) is 0.333. The summed E-state index contributed by atoms with van der Waals surface area (Å²) < 4.78 is 0. The molecule has 1 aromatic rings. The summed E-state index contributed by atoms with van der Waals surface area (Å²) >= 11 is 0. The number of hydrogen-bond acceptors (Lipinski definition) is 8. The van der Waals surface area contributed by atoms with Crippen LogP contribution in [0.15, 0.2) is 0 Å². The first-order valence-corrected chi connectivity index (χ1v) is 3.27. The zero-order valence-electron chi connectivity index (χ0n) is 6.76. The summed E-state index contributed by atoms with van der Waals surface area (Å²) in [4.78, 5) is 30.0. The predicted octanol–water partition coefficient (Wildman–Crippen LogP) is -1.38. The van der Waals surface area contributed by atoms with Crippen molar-refractivity contribution in [1.29, 1.82) is 0 Å². The molecule has 1 heterocycles. The molecule has 0 saturated heterocycles. The molecule has 0 atom stereocenters. The van der Waals surface area contributed by atoms with Gasteiger partial charge in [0.2, 0.25) is 0 Å². The van der Waals surface area contributed by atoms with Gasteiger partial charge in [0.05, 0.1) is 0 Å². The van der Waals surface area contributed by atoms with E-state index in [2.05, 4.69) is 10.1 Å². The Kier molecular flexibility index (Phi) is 5.52. The van der Waals surface area contributed by atoms with Crippen molar-refractivity contribution in [3.8, 4) is 0 Å². The molecule has 0 spiro atoms. The van der Waals surface area contributed by atoms with Crippen molar-refractivity contribution in [3.05, 3.63) is 36.2 Å². The first-order valence-electron chi connectivity index (χ1n) is 3.27. The second-order valence-corrected chi connectivity index (χ2v) is 2.22. The summed E-state index contributed by atoms with van der Waals surface area (Å²) in [6.45, 7) is 0. The quantitative estimate of drug-likeness (QED) is 0.297. The zero-order valence-corrected chi connectivity index (χ0v) is 6.76. The maximum absolute atomic E-state index is 10.2. The Morgan fingerprint density at radius 2 is 1.62 bits per heavy atom. The van der Waals surface area contributed by atoms with Crippen LogP contribution in [0, 0.1) is 30.3 Å². The number of nitrogens with zero attached hydrogens (tertiary/aromatic N) is 5. The van der Waals surface area contributed by atoms with Gasteiger partial charge in [0.15, 0.2) is 0 Å². The van der Waals surface area contributed by atoms with Crippen LogP contribution >= 0.6 is 0 Å². The van der Waals surface area contributed by atoms with Crippen LogP contribution < -0.4 is 0 Å². The van der Waals surface area contributed by atoms with Gasteiger partial charge in [-0.25, -0.2) is 0 Å². The van der Waals surface area contributed by atoms with Crippen molar-refractivity contribution in [3.63, 3.8) is 0 Å². The molecule has 1 N–H and O–H groups in total. The number of nitrogens with one attached hydrogen (secondary N) is 1. The third-order valence-corrected chi connectivity index (χ3v) is 1.30. The summed E-state index contributed by atoms with van der Waals surface area (Å²) in [6, 6.07) is 0. The number of aromatic nitrogens is 3. The van der Waals surface area contributed by atoms with Crippen molar-refractivity contribution in [2.45, 2.75) is 6.17 Å². The van der Waals surface area contributed by atoms with Crippen LogP contribution in [-0.2, 0) is 0 Å². The minimum absolute atomic E-state index is 0. The van der Waals surface area contributed by atoms with Gasteiger partial charge in [-0.2, -0.15) is 5.10 Å². The molecule has 0 bridgehead atoms. The van der Waals surface area contributed by atoms with E-state index in [-0.39, 0.29) is 51.4 Å². The van der Waals surface area contributed by atoms with E-state index >= 15 is 0 Å². The predicted molar refractivity (Wildman–Crippen MR) is 46.9 cm³/mol. The normalized spacial score (nSPS) is 9.56. The van der Waals surface area contributed by atoms with E-state index in [4.69, 9.17) is 0 Å². The van der Waals surface area contributed by atoms with Gasteiger partial charge in [0.1, 0.15) is 9.85 Å². The average Bonchev–Trinajstić information content (AvgIpc) is 2.51. The van der Waals surface area contributed by atoms with E-state index < -0.39 is 32.7 Å². The van der Waals surface area contributed by atoms with Gasteiger partial charge in [0, 0.05) is 5.10 Å². The Balaban J connectivity index is 0.00000225. The number of nitro groups is 3. The van der Waals surface area contributed by atoms with Gasteiger partial charge in [-0.1, -0.05) is 0 Å². The molecule has 82 valence electrons. The van der Waals surface area contributed by atoms with E-state index in [1.54, 1.807) is 5.10 Å². The SMILES string of the molecule is O=[N+]([O-])c1n[nH]c(C([N+](=O)[O-])[N+](=O)[O-])n1.[KH]. The first-order chi connectivity index (χ1) is 6.93. The number of aromatic amines is 1. The molecule has 12 nitrogen and oxygen atoms in total. The fourth-order valence-corrected chi connectivity index (χ4v) is 0.739. The summed E-state index contributed by atoms with van der Waals surface area (Å²) in [5, 5.41) is 35.3. The van der Waals surface area contributed by atoms with Gasteiger partial charge < -0.3 is 10.1 Å². The van der Waals surface area contributed by atoms with Crippen molar-refractivity contribution < 1.29 is 14.8 Å². The van der Waals surface area contributed by atoms with E-state index in [1.165, 1.54) is 0 Å². The molecule has 0 aliphatic carbocycles. The summed E-state index contributed by atoms with van der Waals surface area (Å²) in [6.07, 6.45) is -2.38. The molecule has 0 aromatic carbocycles. The molecule has 1 rings (SSSR count). The van der Waals surface area contributed by atoms with Crippen molar-refractivity contribution >= 4 is 57.3 Å². The van der Waals surface area contributed by atoms with E-state index in [9.17, 15) is 30.3 Å². The van der Waals surface area contributed by atoms with Crippen LogP contribution in [0.4, 0.5) is 5.95 Å². The van der Waals surface area contributed by atoms with E-state index in [0.29, 0.717) is 0 Å². The van der Waals surface area contributed by atoms with Crippen LogP contribution in [0.1, 0.15) is 12.0 Å². The van der Waals surface area contributed by atoms with E-state index in [1.807, 2.05) is 0 Å². The third kappa shape index (κ3) is 3.24. The molecule has 0 amide bonds. The number of rotatable bonds is 4. The Hall–Kier alpha value is -1.02. The third-order valence-electron chi connectivity index (χ3n) is 1.30. The fourth-order valence-electron chi connectivity index (χ4n) is 0.739. The summed E-state index contributed by atoms with van der Waals surface area (Å²) in [7, 11) is 0. The zero-order chi connectivity index (χ0) is 11.6. The molecule has 0 aliphatic rings. The minimum atomic E-state index is -2.38. The molecular weight excluding hydrogens is 255 g/mol.